The normalized spacial score (nSPS) is 10.6. The molecule has 0 atom stereocenters. The van der Waals surface area contributed by atoms with Crippen LogP contribution in [0.2, 0.25) is 0 Å². The predicted molar refractivity (Wildman–Crippen MR) is 95.8 cm³/mol. The summed E-state index contributed by atoms with van der Waals surface area (Å²) in [5.41, 5.74) is 2.33. The number of hydrogen-bond acceptors (Lipinski definition) is 6. The Balaban J connectivity index is 1.85. The lowest BCUT2D eigenvalue weighted by Gasteiger charge is -2.11. The van der Waals surface area contributed by atoms with Gasteiger partial charge in [0.2, 0.25) is 5.95 Å². The number of hydrogen-bond donors (Lipinski definition) is 2. The maximum Gasteiger partial charge on any atom is 0.387 e. The maximum atomic E-state index is 12.2. The lowest BCUT2D eigenvalue weighted by Crippen LogP contribution is -2.05. The highest BCUT2D eigenvalue weighted by Crippen LogP contribution is 2.24. The van der Waals surface area contributed by atoms with Crippen molar-refractivity contribution in [1.29, 1.82) is 0 Å². The van der Waals surface area contributed by atoms with Crippen LogP contribution in [0, 0.1) is 0 Å². The van der Waals surface area contributed by atoms with E-state index in [-0.39, 0.29) is 5.75 Å². The Morgan fingerprint density at radius 1 is 1.04 bits per heavy atom. The number of ether oxygens (including phenoxy) is 1. The fourth-order valence-corrected chi connectivity index (χ4v) is 2.29. The van der Waals surface area contributed by atoms with Gasteiger partial charge in [-0.3, -0.25) is 4.98 Å². The number of anilines is 3. The van der Waals surface area contributed by atoms with Gasteiger partial charge in [-0.2, -0.15) is 13.8 Å². The molecule has 0 saturated carbocycles. The second kappa shape index (κ2) is 8.19. The van der Waals surface area contributed by atoms with E-state index >= 15 is 0 Å². The molecule has 0 aliphatic heterocycles. The number of aromatic nitrogens is 3. The zero-order valence-corrected chi connectivity index (χ0v) is 14.0. The zero-order chi connectivity index (χ0) is 18.4. The second-order valence-electron chi connectivity index (χ2n) is 5.26. The van der Waals surface area contributed by atoms with Gasteiger partial charge in [-0.1, -0.05) is 0 Å². The van der Waals surface area contributed by atoms with E-state index < -0.39 is 6.61 Å². The molecular weight excluding hydrogens is 340 g/mol. The minimum Gasteiger partial charge on any atom is -0.435 e. The van der Waals surface area contributed by atoms with Gasteiger partial charge in [0.15, 0.2) is 0 Å². The lowest BCUT2D eigenvalue weighted by molar-refractivity contribution is -0.0498. The van der Waals surface area contributed by atoms with Crippen LogP contribution in [-0.4, -0.2) is 28.1 Å². The Morgan fingerprint density at radius 3 is 2.42 bits per heavy atom. The smallest absolute Gasteiger partial charge is 0.387 e. The number of nitrogens with one attached hydrogen (secondary N) is 2. The molecule has 3 rings (SSSR count). The number of halogens is 2. The van der Waals surface area contributed by atoms with E-state index in [9.17, 15) is 8.78 Å². The second-order valence-corrected chi connectivity index (χ2v) is 5.26. The van der Waals surface area contributed by atoms with E-state index in [1.807, 2.05) is 19.1 Å². The molecule has 1 aromatic carbocycles. The molecule has 2 aromatic heterocycles. The van der Waals surface area contributed by atoms with Crippen LogP contribution in [0.25, 0.3) is 11.3 Å². The predicted octanol–water partition coefficient (Wildman–Crippen LogP) is 4.32. The molecule has 0 unspecified atom stereocenters. The SMILES string of the molecule is CCNc1nc(Nc2ccc(OC(F)F)cc2)cc(-c2ccncc2)n1. The van der Waals surface area contributed by atoms with Gasteiger partial charge >= 0.3 is 6.61 Å². The highest BCUT2D eigenvalue weighted by molar-refractivity contribution is 5.67. The van der Waals surface area contributed by atoms with Crippen molar-refractivity contribution in [2.24, 2.45) is 0 Å². The minimum atomic E-state index is -2.85. The van der Waals surface area contributed by atoms with E-state index in [2.05, 4.69) is 30.3 Å². The average molecular weight is 357 g/mol. The summed E-state index contributed by atoms with van der Waals surface area (Å²) in [4.78, 5) is 12.9. The fraction of sp³-hybridized carbons (Fsp3) is 0.167. The van der Waals surface area contributed by atoms with Gasteiger partial charge in [-0.05, 0) is 43.3 Å². The fourth-order valence-electron chi connectivity index (χ4n) is 2.29. The van der Waals surface area contributed by atoms with E-state index in [1.54, 1.807) is 30.6 Å². The number of rotatable bonds is 7. The van der Waals surface area contributed by atoms with Crippen molar-refractivity contribution in [1.82, 2.24) is 15.0 Å². The first-order valence-corrected chi connectivity index (χ1v) is 7.99. The highest BCUT2D eigenvalue weighted by Gasteiger charge is 2.08. The first-order valence-electron chi connectivity index (χ1n) is 7.99. The molecule has 0 saturated heterocycles. The standard InChI is InChI=1S/C18H17F2N5O/c1-2-22-18-24-15(12-7-9-21-10-8-12)11-16(25-18)23-13-3-5-14(6-4-13)26-17(19)20/h3-11,17H,2H2,1H3,(H2,22,23,24,25). The number of benzene rings is 1. The molecule has 2 heterocycles. The van der Waals surface area contributed by atoms with Crippen molar-refractivity contribution in [2.75, 3.05) is 17.2 Å². The quantitative estimate of drug-likeness (QED) is 0.656. The maximum absolute atomic E-state index is 12.2. The topological polar surface area (TPSA) is 72.0 Å². The zero-order valence-electron chi connectivity index (χ0n) is 14.0. The van der Waals surface area contributed by atoms with Crippen molar-refractivity contribution < 1.29 is 13.5 Å². The Hall–Kier alpha value is -3.29. The van der Waals surface area contributed by atoms with Crippen LogP contribution in [0.4, 0.5) is 26.2 Å². The number of nitrogens with zero attached hydrogens (tertiary/aromatic N) is 3. The molecular formula is C18H17F2N5O. The summed E-state index contributed by atoms with van der Waals surface area (Å²) in [5, 5.41) is 6.24. The van der Waals surface area contributed by atoms with Crippen LogP contribution >= 0.6 is 0 Å². The third kappa shape index (κ3) is 4.62. The van der Waals surface area contributed by atoms with Crippen molar-refractivity contribution in [3.05, 3.63) is 54.9 Å². The molecule has 0 amide bonds. The van der Waals surface area contributed by atoms with Crippen LogP contribution in [0.15, 0.2) is 54.9 Å². The molecule has 0 aliphatic rings. The van der Waals surface area contributed by atoms with Crippen LogP contribution < -0.4 is 15.4 Å². The van der Waals surface area contributed by atoms with Gasteiger partial charge in [0.25, 0.3) is 0 Å². The van der Waals surface area contributed by atoms with Crippen LogP contribution in [0.5, 0.6) is 5.75 Å². The molecule has 0 aliphatic carbocycles. The van der Waals surface area contributed by atoms with Crippen molar-refractivity contribution in [3.63, 3.8) is 0 Å². The van der Waals surface area contributed by atoms with Crippen LogP contribution in [0.1, 0.15) is 6.92 Å². The van der Waals surface area contributed by atoms with E-state index in [0.29, 0.717) is 24.0 Å². The Kier molecular flexibility index (Phi) is 5.52. The molecule has 2 N–H and O–H groups in total. The summed E-state index contributed by atoms with van der Waals surface area (Å²) in [6, 6.07) is 11.7. The van der Waals surface area contributed by atoms with Gasteiger partial charge < -0.3 is 15.4 Å². The van der Waals surface area contributed by atoms with Crippen LogP contribution in [0.3, 0.4) is 0 Å². The monoisotopic (exact) mass is 357 g/mol. The third-order valence-corrected chi connectivity index (χ3v) is 3.39. The third-order valence-electron chi connectivity index (χ3n) is 3.39. The Labute approximate surface area is 149 Å². The van der Waals surface area contributed by atoms with Gasteiger partial charge in [0.1, 0.15) is 11.6 Å². The van der Waals surface area contributed by atoms with Crippen LogP contribution in [-0.2, 0) is 0 Å². The largest absolute Gasteiger partial charge is 0.435 e. The van der Waals surface area contributed by atoms with Gasteiger partial charge in [0, 0.05) is 36.3 Å². The molecule has 26 heavy (non-hydrogen) atoms. The molecule has 0 spiro atoms. The molecule has 8 heteroatoms. The summed E-state index contributed by atoms with van der Waals surface area (Å²) >= 11 is 0. The molecule has 0 radical (unpaired) electrons. The van der Waals surface area contributed by atoms with Crippen molar-refractivity contribution in [2.45, 2.75) is 13.5 Å². The summed E-state index contributed by atoms with van der Waals surface area (Å²) in [7, 11) is 0. The highest BCUT2D eigenvalue weighted by atomic mass is 19.3. The van der Waals surface area contributed by atoms with Gasteiger partial charge in [0.05, 0.1) is 5.69 Å². The van der Waals surface area contributed by atoms with E-state index in [0.717, 1.165) is 11.3 Å². The first-order chi connectivity index (χ1) is 12.6. The first kappa shape index (κ1) is 17.5. The van der Waals surface area contributed by atoms with E-state index in [4.69, 9.17) is 0 Å². The summed E-state index contributed by atoms with van der Waals surface area (Å²) in [6.07, 6.45) is 3.39. The van der Waals surface area contributed by atoms with Gasteiger partial charge in [-0.25, -0.2) is 4.98 Å². The van der Waals surface area contributed by atoms with Crippen molar-refractivity contribution >= 4 is 17.5 Å². The molecule has 6 nitrogen and oxygen atoms in total. The summed E-state index contributed by atoms with van der Waals surface area (Å²) < 4.78 is 28.8. The lowest BCUT2D eigenvalue weighted by atomic mass is 10.2. The van der Waals surface area contributed by atoms with E-state index in [1.165, 1.54) is 12.1 Å². The molecule has 0 bridgehead atoms. The average Bonchev–Trinajstić information content (AvgIpc) is 2.64. The van der Waals surface area contributed by atoms with Crippen molar-refractivity contribution in [3.8, 4) is 17.0 Å². The number of pyridine rings is 1. The van der Waals surface area contributed by atoms with Gasteiger partial charge in [-0.15, -0.1) is 0 Å². The number of alkyl halides is 2. The minimum absolute atomic E-state index is 0.0963. The Bertz CT molecular complexity index is 844. The Morgan fingerprint density at radius 2 is 1.77 bits per heavy atom. The molecule has 3 aromatic rings. The summed E-state index contributed by atoms with van der Waals surface area (Å²) in [5.74, 6) is 1.16. The summed E-state index contributed by atoms with van der Waals surface area (Å²) in [6.45, 7) is -0.211. The molecule has 0 fully saturated rings. The molecule has 134 valence electrons.